The minimum atomic E-state index is -3.16. The van der Waals surface area contributed by atoms with Crippen LogP contribution in [-0.4, -0.2) is 43.6 Å². The minimum Gasteiger partial charge on any atom is -0.480 e. The lowest BCUT2D eigenvalue weighted by molar-refractivity contribution is -0.138. The molecule has 1 aliphatic rings. The summed E-state index contributed by atoms with van der Waals surface area (Å²) in [5.41, 5.74) is 0. The van der Waals surface area contributed by atoms with Gasteiger partial charge in [0.2, 0.25) is 0 Å². The second kappa shape index (κ2) is 3.40. The van der Waals surface area contributed by atoms with Crippen molar-refractivity contribution in [2.24, 2.45) is 0 Å². The topological polar surface area (TPSA) is 83.5 Å². The van der Waals surface area contributed by atoms with Crippen LogP contribution >= 0.6 is 0 Å². The zero-order chi connectivity index (χ0) is 9.19. The number of hydrogen-bond donors (Lipinski definition) is 2. The Bertz CT molecular complexity index is 271. The summed E-state index contributed by atoms with van der Waals surface area (Å²) in [5.74, 6) is -1.30. The highest BCUT2D eigenvalue weighted by Gasteiger charge is 2.26. The summed E-state index contributed by atoms with van der Waals surface area (Å²) in [4.78, 5) is 10.5. The van der Waals surface area contributed by atoms with Crippen molar-refractivity contribution < 1.29 is 18.3 Å². The molecule has 1 rings (SSSR count). The minimum absolute atomic E-state index is 0.0871. The third-order valence-corrected chi connectivity index (χ3v) is 3.49. The molecule has 0 aromatic carbocycles. The van der Waals surface area contributed by atoms with Gasteiger partial charge in [-0.1, -0.05) is 0 Å². The van der Waals surface area contributed by atoms with Gasteiger partial charge in [-0.05, 0) is 13.0 Å². The smallest absolute Gasteiger partial charge is 0.321 e. The zero-order valence-electron chi connectivity index (χ0n) is 6.49. The van der Waals surface area contributed by atoms with Gasteiger partial charge in [0.15, 0.2) is 9.84 Å². The molecule has 1 fully saturated rings. The van der Waals surface area contributed by atoms with Crippen LogP contribution in [-0.2, 0) is 14.6 Å². The van der Waals surface area contributed by atoms with E-state index >= 15 is 0 Å². The number of aliphatic carboxylic acids is 1. The van der Waals surface area contributed by atoms with Crippen molar-refractivity contribution in [3.05, 3.63) is 0 Å². The van der Waals surface area contributed by atoms with Gasteiger partial charge < -0.3 is 10.4 Å². The van der Waals surface area contributed by atoms with E-state index in [0.717, 1.165) is 0 Å². The average molecular weight is 193 g/mol. The number of carboxylic acids is 1. The van der Waals surface area contributed by atoms with Crippen molar-refractivity contribution in [3.8, 4) is 0 Å². The normalized spacial score (nSPS) is 29.2. The first-order chi connectivity index (χ1) is 5.51. The standard InChI is InChI=1S/C6H11NO4S/c8-6(9)5-4-12(10,11)3-1-2-7-5/h5,7H,1-4H2,(H,8,9). The predicted octanol–water partition coefficient (Wildman–Crippen LogP) is -1.15. The van der Waals surface area contributed by atoms with Crippen molar-refractivity contribution in [2.75, 3.05) is 18.1 Å². The van der Waals surface area contributed by atoms with Crippen molar-refractivity contribution in [1.82, 2.24) is 5.32 Å². The Hall–Kier alpha value is -0.620. The molecule has 0 aromatic heterocycles. The molecule has 6 heteroatoms. The van der Waals surface area contributed by atoms with Crippen LogP contribution < -0.4 is 5.32 Å². The van der Waals surface area contributed by atoms with Crippen molar-refractivity contribution in [1.29, 1.82) is 0 Å². The molecule has 0 radical (unpaired) electrons. The van der Waals surface area contributed by atoms with Crippen LogP contribution in [0.2, 0.25) is 0 Å². The van der Waals surface area contributed by atoms with Gasteiger partial charge in [-0.2, -0.15) is 0 Å². The highest BCUT2D eigenvalue weighted by molar-refractivity contribution is 7.91. The number of carbonyl (C=O) groups is 1. The number of carboxylic acid groups (broad SMARTS) is 1. The van der Waals surface area contributed by atoms with Gasteiger partial charge in [-0.15, -0.1) is 0 Å². The third kappa shape index (κ3) is 2.46. The molecule has 1 unspecified atom stereocenters. The van der Waals surface area contributed by atoms with Gasteiger partial charge in [0.1, 0.15) is 6.04 Å². The summed E-state index contributed by atoms with van der Waals surface area (Å²) in [6, 6.07) is -0.933. The number of sulfone groups is 1. The Morgan fingerprint density at radius 3 is 2.75 bits per heavy atom. The van der Waals surface area contributed by atoms with E-state index in [9.17, 15) is 13.2 Å². The molecule has 0 saturated carbocycles. The monoisotopic (exact) mass is 193 g/mol. The Balaban J connectivity index is 2.73. The Morgan fingerprint density at radius 1 is 1.50 bits per heavy atom. The lowest BCUT2D eigenvalue weighted by Gasteiger charge is -2.08. The molecule has 1 heterocycles. The lowest BCUT2D eigenvalue weighted by Crippen LogP contribution is -2.40. The van der Waals surface area contributed by atoms with Crippen LogP contribution in [0.5, 0.6) is 0 Å². The van der Waals surface area contributed by atoms with Crippen LogP contribution in [0.25, 0.3) is 0 Å². The van der Waals surface area contributed by atoms with E-state index in [0.29, 0.717) is 13.0 Å². The molecule has 2 N–H and O–H groups in total. The van der Waals surface area contributed by atoms with Crippen molar-refractivity contribution in [3.63, 3.8) is 0 Å². The van der Waals surface area contributed by atoms with Crippen LogP contribution in [0.4, 0.5) is 0 Å². The lowest BCUT2D eigenvalue weighted by atomic mass is 10.3. The maximum absolute atomic E-state index is 11.1. The fraction of sp³-hybridized carbons (Fsp3) is 0.833. The Kier molecular flexibility index (Phi) is 2.69. The first-order valence-electron chi connectivity index (χ1n) is 3.68. The van der Waals surface area contributed by atoms with Gasteiger partial charge in [0.25, 0.3) is 0 Å². The summed E-state index contributed by atoms with van der Waals surface area (Å²) < 4.78 is 22.2. The first-order valence-corrected chi connectivity index (χ1v) is 5.50. The number of rotatable bonds is 1. The quantitative estimate of drug-likeness (QED) is 0.549. The summed E-state index contributed by atoms with van der Waals surface area (Å²) in [6.07, 6.45) is 0.492. The molecule has 1 aliphatic heterocycles. The number of nitrogens with one attached hydrogen (secondary N) is 1. The van der Waals surface area contributed by atoms with Gasteiger partial charge in [-0.25, -0.2) is 8.42 Å². The molecule has 1 atom stereocenters. The summed E-state index contributed by atoms with van der Waals surface area (Å²) in [6.45, 7) is 0.455. The Morgan fingerprint density at radius 2 is 2.17 bits per heavy atom. The van der Waals surface area contributed by atoms with E-state index in [2.05, 4.69) is 5.32 Å². The van der Waals surface area contributed by atoms with Gasteiger partial charge in [0.05, 0.1) is 11.5 Å². The largest absolute Gasteiger partial charge is 0.480 e. The van der Waals surface area contributed by atoms with E-state index in [4.69, 9.17) is 5.11 Å². The maximum atomic E-state index is 11.1. The van der Waals surface area contributed by atoms with E-state index in [1.807, 2.05) is 0 Å². The molecule has 0 aliphatic carbocycles. The molecule has 0 spiro atoms. The average Bonchev–Trinajstić information content (AvgIpc) is 2.10. The summed E-state index contributed by atoms with van der Waals surface area (Å²) in [5, 5.41) is 11.2. The molecular weight excluding hydrogens is 182 g/mol. The van der Waals surface area contributed by atoms with Crippen LogP contribution in [0.3, 0.4) is 0 Å². The second-order valence-corrected chi connectivity index (χ2v) is 5.04. The first kappa shape index (κ1) is 9.47. The highest BCUT2D eigenvalue weighted by atomic mass is 32.2. The predicted molar refractivity (Wildman–Crippen MR) is 42.7 cm³/mol. The summed E-state index contributed by atoms with van der Waals surface area (Å²) >= 11 is 0. The molecule has 1 saturated heterocycles. The summed E-state index contributed by atoms with van der Waals surface area (Å²) in [7, 11) is -3.16. The van der Waals surface area contributed by atoms with Crippen molar-refractivity contribution in [2.45, 2.75) is 12.5 Å². The fourth-order valence-electron chi connectivity index (χ4n) is 1.12. The molecule has 0 amide bonds. The third-order valence-electron chi connectivity index (χ3n) is 1.74. The zero-order valence-corrected chi connectivity index (χ0v) is 7.30. The van der Waals surface area contributed by atoms with E-state index in [1.165, 1.54) is 0 Å². The molecule has 12 heavy (non-hydrogen) atoms. The van der Waals surface area contributed by atoms with E-state index in [-0.39, 0.29) is 11.5 Å². The molecule has 5 nitrogen and oxygen atoms in total. The molecule has 70 valence electrons. The van der Waals surface area contributed by atoms with Crippen molar-refractivity contribution >= 4 is 15.8 Å². The fourth-order valence-corrected chi connectivity index (χ4v) is 2.64. The maximum Gasteiger partial charge on any atom is 0.321 e. The van der Waals surface area contributed by atoms with E-state index in [1.54, 1.807) is 0 Å². The van der Waals surface area contributed by atoms with Gasteiger partial charge >= 0.3 is 5.97 Å². The SMILES string of the molecule is O=C(O)C1CS(=O)(=O)CCCN1. The van der Waals surface area contributed by atoms with Gasteiger partial charge in [-0.3, -0.25) is 4.79 Å². The Labute approximate surface area is 70.7 Å². The second-order valence-electron chi connectivity index (χ2n) is 2.81. The van der Waals surface area contributed by atoms with E-state index < -0.39 is 21.8 Å². The molecule has 0 aromatic rings. The van der Waals surface area contributed by atoms with Crippen LogP contribution in [0.1, 0.15) is 6.42 Å². The van der Waals surface area contributed by atoms with Gasteiger partial charge in [0, 0.05) is 0 Å². The van der Waals surface area contributed by atoms with Crippen LogP contribution in [0.15, 0.2) is 0 Å². The molecular formula is C6H11NO4S. The number of hydrogen-bond acceptors (Lipinski definition) is 4. The highest BCUT2D eigenvalue weighted by Crippen LogP contribution is 2.02. The van der Waals surface area contributed by atoms with Crippen LogP contribution in [0, 0.1) is 0 Å². The molecule has 0 bridgehead atoms.